The number of hydrogen-bond donors (Lipinski definition) is 1. The summed E-state index contributed by atoms with van der Waals surface area (Å²) in [6, 6.07) is 2.14. The molecule has 0 radical (unpaired) electrons. The highest BCUT2D eigenvalue weighted by Gasteiger charge is 2.26. The van der Waals surface area contributed by atoms with Gasteiger partial charge in [-0.05, 0) is 19.4 Å². The fourth-order valence-electron chi connectivity index (χ4n) is 1.74. The van der Waals surface area contributed by atoms with Crippen molar-refractivity contribution in [3.8, 4) is 0 Å². The van der Waals surface area contributed by atoms with Crippen LogP contribution >= 0.6 is 0 Å². The highest BCUT2D eigenvalue weighted by atomic mass is 19.1. The molecule has 0 heterocycles. The molecule has 1 amide bonds. The van der Waals surface area contributed by atoms with Crippen molar-refractivity contribution in [2.45, 2.75) is 26.3 Å². The van der Waals surface area contributed by atoms with Crippen LogP contribution in [0, 0.1) is 15.9 Å². The normalized spacial score (nSPS) is 11.8. The molecule has 1 aromatic rings. The van der Waals surface area contributed by atoms with E-state index in [4.69, 9.17) is 5.11 Å². The fraction of sp³-hybridized carbons (Fsp3) is 0.385. The Morgan fingerprint density at radius 1 is 1.48 bits per heavy atom. The SMILES string of the molecule is CCC(C)N(CC(=O)O)C(=O)c1cc([N+](=O)[O-])ccc1F. The first-order valence-electron chi connectivity index (χ1n) is 6.24. The van der Waals surface area contributed by atoms with E-state index < -0.39 is 46.5 Å². The predicted octanol–water partition coefficient (Wildman–Crippen LogP) is 2.06. The molecule has 0 saturated heterocycles. The molecule has 0 fully saturated rings. The summed E-state index contributed by atoms with van der Waals surface area (Å²) in [4.78, 5) is 34.0. The van der Waals surface area contributed by atoms with Crippen LogP contribution in [0.5, 0.6) is 0 Å². The lowest BCUT2D eigenvalue weighted by atomic mass is 10.1. The Morgan fingerprint density at radius 2 is 2.10 bits per heavy atom. The molecule has 0 aliphatic carbocycles. The van der Waals surface area contributed by atoms with E-state index in [1.54, 1.807) is 13.8 Å². The van der Waals surface area contributed by atoms with Crippen LogP contribution in [-0.2, 0) is 4.79 Å². The van der Waals surface area contributed by atoms with Crippen LogP contribution in [0.15, 0.2) is 18.2 Å². The third kappa shape index (κ3) is 3.98. The Morgan fingerprint density at radius 3 is 2.57 bits per heavy atom. The molecule has 1 atom stereocenters. The summed E-state index contributed by atoms with van der Waals surface area (Å²) in [5, 5.41) is 19.5. The topological polar surface area (TPSA) is 101 Å². The van der Waals surface area contributed by atoms with Gasteiger partial charge in [0.05, 0.1) is 10.5 Å². The molecule has 1 rings (SSSR count). The van der Waals surface area contributed by atoms with Crippen LogP contribution in [0.1, 0.15) is 30.6 Å². The Balaban J connectivity index is 3.22. The molecule has 7 nitrogen and oxygen atoms in total. The number of rotatable bonds is 6. The zero-order valence-electron chi connectivity index (χ0n) is 11.6. The fourth-order valence-corrected chi connectivity index (χ4v) is 1.74. The van der Waals surface area contributed by atoms with Gasteiger partial charge in [-0.15, -0.1) is 0 Å². The second kappa shape index (κ2) is 6.78. The summed E-state index contributed by atoms with van der Waals surface area (Å²) < 4.78 is 13.7. The van der Waals surface area contributed by atoms with Gasteiger partial charge in [0.15, 0.2) is 0 Å². The summed E-state index contributed by atoms with van der Waals surface area (Å²) in [5.74, 6) is -3.05. The molecule has 0 aliphatic heterocycles. The molecule has 0 spiro atoms. The average molecular weight is 298 g/mol. The second-order valence-electron chi connectivity index (χ2n) is 4.51. The van der Waals surface area contributed by atoms with Crippen LogP contribution in [0.3, 0.4) is 0 Å². The standard InChI is InChI=1S/C13H15FN2O5/c1-3-8(2)15(7-12(17)18)13(19)10-6-9(16(20)21)4-5-11(10)14/h4-6,8H,3,7H2,1-2H3,(H,17,18). The highest BCUT2D eigenvalue weighted by molar-refractivity contribution is 5.96. The summed E-state index contributed by atoms with van der Waals surface area (Å²) >= 11 is 0. The van der Waals surface area contributed by atoms with Gasteiger partial charge in [0.25, 0.3) is 11.6 Å². The number of carboxylic acids is 1. The molecule has 1 N–H and O–H groups in total. The van der Waals surface area contributed by atoms with E-state index >= 15 is 0 Å². The van der Waals surface area contributed by atoms with Gasteiger partial charge in [0.2, 0.25) is 0 Å². The van der Waals surface area contributed by atoms with Crippen LogP contribution in [0.25, 0.3) is 0 Å². The predicted molar refractivity (Wildman–Crippen MR) is 71.5 cm³/mol. The van der Waals surface area contributed by atoms with Gasteiger partial charge < -0.3 is 10.0 Å². The van der Waals surface area contributed by atoms with Crippen molar-refractivity contribution in [1.29, 1.82) is 0 Å². The number of benzene rings is 1. The first-order chi connectivity index (χ1) is 9.77. The van der Waals surface area contributed by atoms with Crippen LogP contribution in [-0.4, -0.2) is 39.4 Å². The summed E-state index contributed by atoms with van der Waals surface area (Å²) in [5.41, 5.74) is -0.940. The van der Waals surface area contributed by atoms with Gasteiger partial charge in [-0.25, -0.2) is 4.39 Å². The zero-order valence-corrected chi connectivity index (χ0v) is 11.6. The molecule has 1 unspecified atom stereocenters. The molecular weight excluding hydrogens is 283 g/mol. The lowest BCUT2D eigenvalue weighted by Crippen LogP contribution is -2.42. The van der Waals surface area contributed by atoms with E-state index in [-0.39, 0.29) is 0 Å². The van der Waals surface area contributed by atoms with E-state index in [1.165, 1.54) is 0 Å². The molecule has 114 valence electrons. The number of carboxylic acid groups (broad SMARTS) is 1. The largest absolute Gasteiger partial charge is 0.480 e. The summed E-state index contributed by atoms with van der Waals surface area (Å²) in [6.45, 7) is 2.77. The number of hydrogen-bond acceptors (Lipinski definition) is 4. The van der Waals surface area contributed by atoms with Crippen molar-refractivity contribution < 1.29 is 24.0 Å². The van der Waals surface area contributed by atoms with Crippen molar-refractivity contribution in [2.75, 3.05) is 6.54 Å². The number of non-ortho nitro benzene ring substituents is 1. The highest BCUT2D eigenvalue weighted by Crippen LogP contribution is 2.20. The third-order valence-corrected chi connectivity index (χ3v) is 3.08. The van der Waals surface area contributed by atoms with Crippen LogP contribution in [0.2, 0.25) is 0 Å². The number of carbonyl (C=O) groups is 2. The number of aliphatic carboxylic acids is 1. The van der Waals surface area contributed by atoms with Gasteiger partial charge in [-0.3, -0.25) is 19.7 Å². The molecule has 1 aromatic carbocycles. The number of halogens is 1. The Bertz CT molecular complexity index is 576. The van der Waals surface area contributed by atoms with Gasteiger partial charge >= 0.3 is 5.97 Å². The summed E-state index contributed by atoms with van der Waals surface area (Å²) in [7, 11) is 0. The van der Waals surface area contributed by atoms with Crippen molar-refractivity contribution in [3.05, 3.63) is 39.7 Å². The number of nitro groups is 1. The minimum absolute atomic E-state index is 0.431. The maximum Gasteiger partial charge on any atom is 0.323 e. The van der Waals surface area contributed by atoms with Crippen molar-refractivity contribution in [2.24, 2.45) is 0 Å². The van der Waals surface area contributed by atoms with Crippen molar-refractivity contribution in [3.63, 3.8) is 0 Å². The Kier molecular flexibility index (Phi) is 5.34. The minimum Gasteiger partial charge on any atom is -0.480 e. The molecule has 0 aliphatic rings. The van der Waals surface area contributed by atoms with Gasteiger partial charge in [-0.2, -0.15) is 0 Å². The van der Waals surface area contributed by atoms with E-state index in [0.717, 1.165) is 23.1 Å². The zero-order chi connectivity index (χ0) is 16.2. The van der Waals surface area contributed by atoms with Crippen molar-refractivity contribution >= 4 is 17.6 Å². The second-order valence-corrected chi connectivity index (χ2v) is 4.51. The van der Waals surface area contributed by atoms with Crippen molar-refractivity contribution in [1.82, 2.24) is 4.90 Å². The van der Waals surface area contributed by atoms with Crippen LogP contribution < -0.4 is 0 Å². The maximum atomic E-state index is 13.7. The molecule has 21 heavy (non-hydrogen) atoms. The maximum absolute atomic E-state index is 13.7. The molecular formula is C13H15FN2O5. The quantitative estimate of drug-likeness (QED) is 0.640. The Hall–Kier alpha value is -2.51. The molecule has 0 saturated carbocycles. The lowest BCUT2D eigenvalue weighted by Gasteiger charge is -2.27. The minimum atomic E-state index is -1.24. The summed E-state index contributed by atoms with van der Waals surface area (Å²) in [6.07, 6.45) is 0.468. The van der Waals surface area contributed by atoms with E-state index in [0.29, 0.717) is 6.42 Å². The first kappa shape index (κ1) is 16.5. The van der Waals surface area contributed by atoms with Gasteiger partial charge in [0, 0.05) is 18.2 Å². The molecule has 0 aromatic heterocycles. The average Bonchev–Trinajstić information content (AvgIpc) is 2.43. The number of carbonyl (C=O) groups excluding carboxylic acids is 1. The molecule has 8 heteroatoms. The lowest BCUT2D eigenvalue weighted by molar-refractivity contribution is -0.384. The van der Waals surface area contributed by atoms with E-state index in [9.17, 15) is 24.1 Å². The Labute approximate surface area is 120 Å². The van der Waals surface area contributed by atoms with E-state index in [1.807, 2.05) is 0 Å². The smallest absolute Gasteiger partial charge is 0.323 e. The monoisotopic (exact) mass is 298 g/mol. The first-order valence-corrected chi connectivity index (χ1v) is 6.24. The third-order valence-electron chi connectivity index (χ3n) is 3.08. The number of nitrogens with zero attached hydrogens (tertiary/aromatic N) is 2. The van der Waals surface area contributed by atoms with E-state index in [2.05, 4.69) is 0 Å². The number of nitro benzene ring substituents is 1. The molecule has 0 bridgehead atoms. The number of amides is 1. The van der Waals surface area contributed by atoms with Crippen LogP contribution in [0.4, 0.5) is 10.1 Å². The van der Waals surface area contributed by atoms with Gasteiger partial charge in [-0.1, -0.05) is 6.92 Å². The van der Waals surface area contributed by atoms with Gasteiger partial charge in [0.1, 0.15) is 12.4 Å².